The maximum absolute atomic E-state index is 6.73. The van der Waals surface area contributed by atoms with Crippen molar-refractivity contribution in [1.29, 1.82) is 0 Å². The number of alkyl halides is 1. The molecule has 1 aromatic rings. The van der Waals surface area contributed by atoms with Crippen LogP contribution >= 0.6 is 11.6 Å². The third-order valence-electron chi connectivity index (χ3n) is 6.45. The van der Waals surface area contributed by atoms with Crippen LogP contribution in [0.1, 0.15) is 31.2 Å². The predicted octanol–water partition coefficient (Wildman–Crippen LogP) is 5.09. The van der Waals surface area contributed by atoms with E-state index in [9.17, 15) is 0 Å². The van der Waals surface area contributed by atoms with Crippen molar-refractivity contribution in [3.8, 4) is 0 Å². The lowest BCUT2D eigenvalue weighted by atomic mass is 10.2. The molecule has 194 valence electrons. The molecule has 2 unspecified atom stereocenters. The van der Waals surface area contributed by atoms with Crippen molar-refractivity contribution in [2.75, 3.05) is 39.8 Å². The normalized spacial score (nSPS) is 22.8. The molecule has 1 aromatic carbocycles. The third-order valence-corrected chi connectivity index (χ3v) is 8.49. The first kappa shape index (κ1) is 26.5. The molecule has 0 N–H and O–H groups in total. The first-order chi connectivity index (χ1) is 16.9. The number of halogens is 1. The fraction of sp³-hybridized carbons (Fsp3) is 0.654. The monoisotopic (exact) mass is 520 g/mol. The Morgan fingerprint density at radius 1 is 1.14 bits per heavy atom. The van der Waals surface area contributed by atoms with Gasteiger partial charge in [0.25, 0.3) is 0 Å². The Morgan fingerprint density at radius 2 is 1.97 bits per heavy atom. The first-order valence-electron chi connectivity index (χ1n) is 12.9. The molecule has 0 amide bonds. The minimum Gasteiger partial charge on any atom is -0.361 e. The number of aliphatic imine (C=N–C) groups is 1. The second kappa shape index (κ2) is 12.6. The van der Waals surface area contributed by atoms with Crippen LogP contribution in [-0.2, 0) is 20.8 Å². The fourth-order valence-electron chi connectivity index (χ4n) is 4.41. The zero-order valence-corrected chi connectivity index (χ0v) is 23.3. The Hall–Kier alpha value is -1.58. The molecule has 0 saturated carbocycles. The largest absolute Gasteiger partial charge is 0.361 e. The van der Waals surface area contributed by atoms with Gasteiger partial charge in [0.05, 0.1) is 19.0 Å². The highest BCUT2D eigenvalue weighted by Crippen LogP contribution is 2.31. The molecule has 3 aliphatic heterocycles. The Morgan fingerprint density at radius 3 is 2.71 bits per heavy atom. The number of ether oxygens (including phenoxy) is 3. The summed E-state index contributed by atoms with van der Waals surface area (Å²) < 4.78 is 17.8. The van der Waals surface area contributed by atoms with E-state index in [0.717, 1.165) is 63.3 Å². The van der Waals surface area contributed by atoms with Gasteiger partial charge in [-0.1, -0.05) is 61.6 Å². The molecule has 1 fully saturated rings. The van der Waals surface area contributed by atoms with E-state index in [-0.39, 0.29) is 6.29 Å². The van der Waals surface area contributed by atoms with Gasteiger partial charge in [0, 0.05) is 40.6 Å². The number of hydrogen-bond donors (Lipinski definition) is 0. The molecular weight excluding hydrogens is 480 g/mol. The van der Waals surface area contributed by atoms with Crippen LogP contribution in [0.4, 0.5) is 0 Å². The fourth-order valence-corrected chi connectivity index (χ4v) is 5.43. The number of hydrogen-bond acceptors (Lipinski definition) is 7. The van der Waals surface area contributed by atoms with E-state index in [1.165, 1.54) is 12.0 Å². The van der Waals surface area contributed by atoms with Crippen LogP contribution in [0.2, 0.25) is 25.7 Å². The van der Waals surface area contributed by atoms with E-state index in [1.807, 2.05) is 6.07 Å². The molecular formula is C26H41ClN4O3Si. The van der Waals surface area contributed by atoms with E-state index in [1.54, 1.807) is 0 Å². The van der Waals surface area contributed by atoms with E-state index in [2.05, 4.69) is 64.8 Å². The molecule has 1 saturated heterocycles. The Labute approximate surface area is 216 Å². The summed E-state index contributed by atoms with van der Waals surface area (Å²) in [6, 6.07) is 11.6. The second-order valence-corrected chi connectivity index (χ2v) is 16.8. The van der Waals surface area contributed by atoms with E-state index < -0.39 is 13.7 Å². The van der Waals surface area contributed by atoms with Crippen molar-refractivity contribution in [1.82, 2.24) is 14.7 Å². The van der Waals surface area contributed by atoms with Crippen molar-refractivity contribution < 1.29 is 14.2 Å². The lowest BCUT2D eigenvalue weighted by molar-refractivity contribution is -0.163. The van der Waals surface area contributed by atoms with Gasteiger partial charge in [-0.05, 0) is 37.3 Å². The van der Waals surface area contributed by atoms with E-state index >= 15 is 0 Å². The molecule has 35 heavy (non-hydrogen) atoms. The lowest BCUT2D eigenvalue weighted by Gasteiger charge is -2.37. The van der Waals surface area contributed by atoms with Gasteiger partial charge in [0.2, 0.25) is 5.62 Å². The zero-order chi connectivity index (χ0) is 24.7. The number of amidine groups is 1. The topological polar surface area (TPSA) is 49.8 Å². The first-order valence-corrected chi connectivity index (χ1v) is 17.1. The summed E-state index contributed by atoms with van der Waals surface area (Å²) in [5, 5.41) is 0. The summed E-state index contributed by atoms with van der Waals surface area (Å²) in [6.45, 7) is 12.3. The second-order valence-electron chi connectivity index (χ2n) is 10.8. The van der Waals surface area contributed by atoms with Crippen LogP contribution in [0.5, 0.6) is 0 Å². The van der Waals surface area contributed by atoms with Crippen molar-refractivity contribution in [2.45, 2.75) is 69.8 Å². The molecule has 0 aromatic heterocycles. The Balaban J connectivity index is 1.38. The van der Waals surface area contributed by atoms with Crippen LogP contribution in [-0.4, -0.2) is 80.3 Å². The lowest BCUT2D eigenvalue weighted by Crippen LogP contribution is -2.47. The van der Waals surface area contributed by atoms with E-state index in [0.29, 0.717) is 19.9 Å². The number of rotatable bonds is 12. The molecule has 0 bridgehead atoms. The molecule has 0 aliphatic carbocycles. The summed E-state index contributed by atoms with van der Waals surface area (Å²) in [5.74, 6) is 0.928. The minimum atomic E-state index is -1.13. The van der Waals surface area contributed by atoms with Crippen LogP contribution in [0.25, 0.3) is 0 Å². The molecule has 4 rings (SSSR count). The van der Waals surface area contributed by atoms with E-state index in [4.69, 9.17) is 30.8 Å². The summed E-state index contributed by atoms with van der Waals surface area (Å²) >= 11 is 6.73. The average molecular weight is 521 g/mol. The molecule has 2 atom stereocenters. The Kier molecular flexibility index (Phi) is 9.52. The average Bonchev–Trinajstić information content (AvgIpc) is 3.15. The van der Waals surface area contributed by atoms with Crippen molar-refractivity contribution in [2.24, 2.45) is 4.99 Å². The highest BCUT2D eigenvalue weighted by atomic mass is 35.5. The molecule has 3 heterocycles. The van der Waals surface area contributed by atoms with Crippen LogP contribution in [0.15, 0.2) is 47.2 Å². The quantitative estimate of drug-likeness (QED) is 0.166. The molecule has 7 nitrogen and oxygen atoms in total. The summed E-state index contributed by atoms with van der Waals surface area (Å²) in [4.78, 5) is 11.5. The maximum atomic E-state index is 6.73. The number of benzene rings is 1. The molecule has 9 heteroatoms. The zero-order valence-electron chi connectivity index (χ0n) is 21.5. The van der Waals surface area contributed by atoms with Crippen LogP contribution in [0.3, 0.4) is 0 Å². The SMILES string of the molecule is C[Si](C)(C)CCOCN1CN(CCCOC2CCCCO2)C=C2C1=NC(Cl)N2Cc1ccccc1. The minimum absolute atomic E-state index is 0.0355. The van der Waals surface area contributed by atoms with Crippen molar-refractivity contribution >= 4 is 25.5 Å². The van der Waals surface area contributed by atoms with Gasteiger partial charge in [-0.2, -0.15) is 0 Å². The smallest absolute Gasteiger partial charge is 0.200 e. The summed E-state index contributed by atoms with van der Waals surface area (Å²) in [5.41, 5.74) is 1.85. The van der Waals surface area contributed by atoms with Crippen LogP contribution in [0, 0.1) is 0 Å². The third kappa shape index (κ3) is 7.95. The number of fused-ring (bicyclic) bond motifs is 1. The highest BCUT2D eigenvalue weighted by Gasteiger charge is 2.36. The molecule has 0 spiro atoms. The predicted molar refractivity (Wildman–Crippen MR) is 144 cm³/mol. The van der Waals surface area contributed by atoms with Gasteiger partial charge >= 0.3 is 0 Å². The summed E-state index contributed by atoms with van der Waals surface area (Å²) in [7, 11) is -1.13. The molecule has 3 aliphatic rings. The number of nitrogens with zero attached hydrogens (tertiary/aromatic N) is 4. The van der Waals surface area contributed by atoms with Gasteiger partial charge in [-0.15, -0.1) is 0 Å². The highest BCUT2D eigenvalue weighted by molar-refractivity contribution is 6.76. The standard InChI is InChI=1S/C26H41ClN4O3Si/c1-35(2,3)17-16-32-21-30-20-29(13-9-15-34-24-12-7-8-14-33-24)19-23-25(30)28-26(27)31(23)18-22-10-5-4-6-11-22/h4-6,10-11,19,24,26H,7-9,12-18,20-21H2,1-3H3. The van der Waals surface area contributed by atoms with Gasteiger partial charge in [0.1, 0.15) is 6.73 Å². The van der Waals surface area contributed by atoms with Gasteiger partial charge in [-0.25, -0.2) is 4.99 Å². The van der Waals surface area contributed by atoms with Crippen LogP contribution < -0.4 is 0 Å². The van der Waals surface area contributed by atoms with Gasteiger partial charge in [-0.3, -0.25) is 0 Å². The van der Waals surface area contributed by atoms with Gasteiger partial charge < -0.3 is 28.9 Å². The Bertz CT molecular complexity index is 858. The molecule has 0 radical (unpaired) electrons. The summed E-state index contributed by atoms with van der Waals surface area (Å²) in [6.07, 6.45) is 6.44. The maximum Gasteiger partial charge on any atom is 0.200 e. The van der Waals surface area contributed by atoms with Crippen molar-refractivity contribution in [3.05, 3.63) is 47.8 Å². The van der Waals surface area contributed by atoms with Gasteiger partial charge in [0.15, 0.2) is 12.1 Å². The van der Waals surface area contributed by atoms with Crippen molar-refractivity contribution in [3.63, 3.8) is 0 Å².